The fourth-order valence-corrected chi connectivity index (χ4v) is 4.87. The Balaban J connectivity index is 1.54. The van der Waals surface area contributed by atoms with E-state index in [4.69, 9.17) is 4.74 Å². The SMILES string of the molecule is CCOc1ccc(NC(=O)CSc2nnc3n(CCC(C)C)c(=O)c4sccc4n23)cc1. The number of carbonyl (C=O) groups excluding carboxylic acids is 1. The first kappa shape index (κ1) is 22.3. The van der Waals surface area contributed by atoms with E-state index in [0.717, 1.165) is 17.7 Å². The number of aryl methyl sites for hydroxylation is 1. The topological polar surface area (TPSA) is 90.5 Å². The van der Waals surface area contributed by atoms with Crippen LogP contribution in [0, 0.1) is 5.92 Å². The molecule has 3 aromatic heterocycles. The van der Waals surface area contributed by atoms with Crippen LogP contribution in [0.1, 0.15) is 27.2 Å². The molecule has 1 N–H and O–H groups in total. The molecule has 3 heterocycles. The van der Waals surface area contributed by atoms with E-state index in [1.54, 1.807) is 4.57 Å². The number of nitrogens with one attached hydrogen (secondary N) is 1. The van der Waals surface area contributed by atoms with Crippen molar-refractivity contribution in [2.75, 3.05) is 17.7 Å². The molecule has 168 valence electrons. The standard InChI is InChI=1S/C22H25N5O3S2/c1-4-30-16-7-5-15(6-8-16)23-18(28)13-32-22-25-24-21-26(11-9-14(2)3)20(29)19-17(27(21)22)10-12-31-19/h5-8,10,12,14H,4,9,11,13H2,1-3H3,(H,23,28). The molecule has 0 aliphatic rings. The first-order valence-corrected chi connectivity index (χ1v) is 12.3. The number of ether oxygens (including phenoxy) is 1. The number of thioether (sulfide) groups is 1. The number of benzene rings is 1. The summed E-state index contributed by atoms with van der Waals surface area (Å²) in [5.41, 5.74) is 1.43. The van der Waals surface area contributed by atoms with Gasteiger partial charge in [-0.25, -0.2) is 0 Å². The Kier molecular flexibility index (Phi) is 6.80. The summed E-state index contributed by atoms with van der Waals surface area (Å²) in [6.07, 6.45) is 0.867. The van der Waals surface area contributed by atoms with Gasteiger partial charge in [0.2, 0.25) is 11.7 Å². The lowest BCUT2D eigenvalue weighted by atomic mass is 10.1. The minimum absolute atomic E-state index is 0.0413. The Bertz CT molecular complexity index is 1290. The molecular weight excluding hydrogens is 446 g/mol. The number of fused-ring (bicyclic) bond motifs is 3. The molecule has 0 fully saturated rings. The van der Waals surface area contributed by atoms with E-state index in [1.165, 1.54) is 23.1 Å². The number of hydrogen-bond acceptors (Lipinski definition) is 7. The second-order valence-corrected chi connectivity index (χ2v) is 9.55. The van der Waals surface area contributed by atoms with Crippen LogP contribution in [0.15, 0.2) is 45.7 Å². The number of rotatable bonds is 9. The maximum absolute atomic E-state index is 13.0. The largest absolute Gasteiger partial charge is 0.494 e. The molecule has 10 heteroatoms. The quantitative estimate of drug-likeness (QED) is 0.367. The van der Waals surface area contributed by atoms with Gasteiger partial charge in [-0.15, -0.1) is 21.5 Å². The van der Waals surface area contributed by atoms with Crippen molar-refractivity contribution in [1.29, 1.82) is 0 Å². The molecule has 4 rings (SSSR count). The van der Waals surface area contributed by atoms with Gasteiger partial charge in [0.25, 0.3) is 5.56 Å². The first-order chi connectivity index (χ1) is 15.5. The van der Waals surface area contributed by atoms with Crippen molar-refractivity contribution < 1.29 is 9.53 Å². The van der Waals surface area contributed by atoms with Crippen LogP contribution in [-0.4, -0.2) is 37.4 Å². The fraction of sp³-hybridized carbons (Fsp3) is 0.364. The van der Waals surface area contributed by atoms with Crippen molar-refractivity contribution in [3.05, 3.63) is 46.1 Å². The van der Waals surface area contributed by atoms with Gasteiger partial charge in [0.15, 0.2) is 5.16 Å². The zero-order valence-electron chi connectivity index (χ0n) is 18.2. The second kappa shape index (κ2) is 9.74. The van der Waals surface area contributed by atoms with E-state index in [0.29, 0.717) is 40.4 Å². The Morgan fingerprint density at radius 3 is 2.72 bits per heavy atom. The minimum atomic E-state index is -0.148. The van der Waals surface area contributed by atoms with E-state index >= 15 is 0 Å². The summed E-state index contributed by atoms with van der Waals surface area (Å²) in [6, 6.07) is 9.16. The Morgan fingerprint density at radius 1 is 1.22 bits per heavy atom. The summed E-state index contributed by atoms with van der Waals surface area (Å²) in [5, 5.41) is 13.9. The lowest BCUT2D eigenvalue weighted by molar-refractivity contribution is -0.113. The smallest absolute Gasteiger partial charge is 0.272 e. The third-order valence-electron chi connectivity index (χ3n) is 4.89. The summed E-state index contributed by atoms with van der Waals surface area (Å²) in [4.78, 5) is 25.5. The van der Waals surface area contributed by atoms with E-state index in [2.05, 4.69) is 29.4 Å². The third-order valence-corrected chi connectivity index (χ3v) is 6.71. The van der Waals surface area contributed by atoms with Crippen molar-refractivity contribution >= 4 is 50.7 Å². The summed E-state index contributed by atoms with van der Waals surface area (Å²) in [7, 11) is 0. The lowest BCUT2D eigenvalue weighted by Gasteiger charge is -2.10. The van der Waals surface area contributed by atoms with E-state index in [-0.39, 0.29) is 17.2 Å². The van der Waals surface area contributed by atoms with Gasteiger partial charge in [-0.1, -0.05) is 25.6 Å². The van der Waals surface area contributed by atoms with Gasteiger partial charge in [0.1, 0.15) is 10.4 Å². The van der Waals surface area contributed by atoms with Gasteiger partial charge >= 0.3 is 0 Å². The lowest BCUT2D eigenvalue weighted by Crippen LogP contribution is -2.23. The number of carbonyl (C=O) groups is 1. The van der Waals surface area contributed by atoms with Crippen LogP contribution < -0.4 is 15.6 Å². The number of aromatic nitrogens is 4. The predicted molar refractivity (Wildman–Crippen MR) is 129 cm³/mol. The monoisotopic (exact) mass is 471 g/mol. The average Bonchev–Trinajstić information content (AvgIpc) is 3.41. The van der Waals surface area contributed by atoms with Crippen LogP contribution in [-0.2, 0) is 11.3 Å². The second-order valence-electron chi connectivity index (χ2n) is 7.69. The molecule has 4 aromatic rings. The van der Waals surface area contributed by atoms with Crippen molar-refractivity contribution in [2.24, 2.45) is 5.92 Å². The molecule has 8 nitrogen and oxygen atoms in total. The summed E-state index contributed by atoms with van der Waals surface area (Å²) in [5.74, 6) is 1.76. The van der Waals surface area contributed by atoms with Gasteiger partial charge in [-0.05, 0) is 55.0 Å². The molecular formula is C22H25N5O3S2. The van der Waals surface area contributed by atoms with Crippen LogP contribution in [0.2, 0.25) is 0 Å². The summed E-state index contributed by atoms with van der Waals surface area (Å²) < 4.78 is 9.66. The third kappa shape index (κ3) is 4.66. The Hall–Kier alpha value is -2.85. The van der Waals surface area contributed by atoms with E-state index in [1.807, 2.05) is 47.0 Å². The van der Waals surface area contributed by atoms with Gasteiger partial charge in [-0.3, -0.25) is 18.6 Å². The van der Waals surface area contributed by atoms with Gasteiger partial charge in [-0.2, -0.15) is 0 Å². The van der Waals surface area contributed by atoms with E-state index < -0.39 is 0 Å². The molecule has 0 unspecified atom stereocenters. The van der Waals surface area contributed by atoms with Gasteiger partial charge < -0.3 is 10.1 Å². The number of amides is 1. The zero-order valence-corrected chi connectivity index (χ0v) is 19.8. The molecule has 0 atom stereocenters. The number of anilines is 1. The maximum atomic E-state index is 13.0. The molecule has 0 saturated carbocycles. The van der Waals surface area contributed by atoms with Crippen LogP contribution in [0.5, 0.6) is 5.75 Å². The molecule has 0 aliphatic heterocycles. The highest BCUT2D eigenvalue weighted by Gasteiger charge is 2.18. The molecule has 1 aromatic carbocycles. The summed E-state index contributed by atoms with van der Waals surface area (Å²) >= 11 is 2.71. The molecule has 1 amide bonds. The highest BCUT2D eigenvalue weighted by atomic mass is 32.2. The normalized spacial score (nSPS) is 11.5. The predicted octanol–water partition coefficient (Wildman–Crippen LogP) is 4.28. The van der Waals surface area contributed by atoms with Crippen LogP contribution >= 0.6 is 23.1 Å². The zero-order chi connectivity index (χ0) is 22.7. The fourth-order valence-electron chi connectivity index (χ4n) is 3.31. The Morgan fingerprint density at radius 2 is 2.00 bits per heavy atom. The molecule has 32 heavy (non-hydrogen) atoms. The van der Waals surface area contributed by atoms with Crippen LogP contribution in [0.25, 0.3) is 16.0 Å². The van der Waals surface area contributed by atoms with Gasteiger partial charge in [0.05, 0.1) is 17.9 Å². The molecule has 0 bridgehead atoms. The first-order valence-electron chi connectivity index (χ1n) is 10.5. The van der Waals surface area contributed by atoms with Crippen molar-refractivity contribution in [2.45, 2.75) is 38.9 Å². The van der Waals surface area contributed by atoms with Crippen LogP contribution in [0.3, 0.4) is 0 Å². The number of thiophene rings is 1. The number of nitrogens with zero attached hydrogens (tertiary/aromatic N) is 4. The van der Waals surface area contributed by atoms with Crippen molar-refractivity contribution in [3.63, 3.8) is 0 Å². The highest BCUT2D eigenvalue weighted by molar-refractivity contribution is 7.99. The molecule has 0 saturated heterocycles. The van der Waals surface area contributed by atoms with Gasteiger partial charge in [0, 0.05) is 12.2 Å². The molecule has 0 spiro atoms. The highest BCUT2D eigenvalue weighted by Crippen LogP contribution is 2.25. The minimum Gasteiger partial charge on any atom is -0.494 e. The molecule has 0 radical (unpaired) electrons. The van der Waals surface area contributed by atoms with Crippen molar-refractivity contribution in [3.8, 4) is 5.75 Å². The van der Waals surface area contributed by atoms with E-state index in [9.17, 15) is 9.59 Å². The number of hydrogen-bond donors (Lipinski definition) is 1. The molecule has 0 aliphatic carbocycles. The summed E-state index contributed by atoms with van der Waals surface area (Å²) in [6.45, 7) is 7.35. The van der Waals surface area contributed by atoms with Crippen LogP contribution in [0.4, 0.5) is 5.69 Å². The maximum Gasteiger partial charge on any atom is 0.272 e. The van der Waals surface area contributed by atoms with Crippen molar-refractivity contribution in [1.82, 2.24) is 19.2 Å². The average molecular weight is 472 g/mol. The Labute approximate surface area is 193 Å².